The van der Waals surface area contributed by atoms with Gasteiger partial charge in [-0.15, -0.1) is 0 Å². The van der Waals surface area contributed by atoms with Gasteiger partial charge in [-0.2, -0.15) is 0 Å². The summed E-state index contributed by atoms with van der Waals surface area (Å²) < 4.78 is 13.1. The zero-order valence-electron chi connectivity index (χ0n) is 17.6. The molecule has 3 heterocycles. The van der Waals surface area contributed by atoms with Crippen LogP contribution in [0, 0.1) is 11.8 Å². The maximum atomic E-state index is 13.2. The lowest BCUT2D eigenvalue weighted by Crippen LogP contribution is -2.43. The van der Waals surface area contributed by atoms with Crippen LogP contribution in [-0.4, -0.2) is 45.7 Å². The number of fused-ring (bicyclic) bond motifs is 1. The number of imidazole rings is 1. The van der Waals surface area contributed by atoms with E-state index in [-0.39, 0.29) is 17.7 Å². The second-order valence-electron chi connectivity index (χ2n) is 8.63. The van der Waals surface area contributed by atoms with Gasteiger partial charge in [0.05, 0.1) is 25.6 Å². The normalized spacial score (nSPS) is 25.4. The topological polar surface area (TPSA) is 80.7 Å². The second kappa shape index (κ2) is 7.89. The fourth-order valence-electron chi connectivity index (χ4n) is 5.23. The van der Waals surface area contributed by atoms with Crippen LogP contribution in [0.15, 0.2) is 59.5 Å². The highest BCUT2D eigenvalue weighted by Crippen LogP contribution is 2.48. The quantitative estimate of drug-likeness (QED) is 0.684. The number of nitrogens with zero attached hydrogens (tertiary/aromatic N) is 3. The minimum Gasteiger partial charge on any atom is -0.497 e. The van der Waals surface area contributed by atoms with Crippen molar-refractivity contribution in [3.8, 4) is 5.75 Å². The Morgan fingerprint density at radius 1 is 1.32 bits per heavy atom. The molecule has 0 unspecified atom stereocenters. The van der Waals surface area contributed by atoms with Gasteiger partial charge < -0.3 is 23.7 Å². The van der Waals surface area contributed by atoms with Crippen molar-refractivity contribution in [2.75, 3.05) is 20.2 Å². The van der Waals surface area contributed by atoms with Gasteiger partial charge in [-0.3, -0.25) is 4.79 Å². The van der Waals surface area contributed by atoms with Crippen molar-refractivity contribution in [2.45, 2.75) is 31.4 Å². The summed E-state index contributed by atoms with van der Waals surface area (Å²) in [6, 6.07) is 11.3. The van der Waals surface area contributed by atoms with E-state index in [9.17, 15) is 9.90 Å². The van der Waals surface area contributed by atoms with Gasteiger partial charge >= 0.3 is 0 Å². The van der Waals surface area contributed by atoms with Gasteiger partial charge in [0.25, 0.3) is 5.91 Å². The third-order valence-corrected chi connectivity index (χ3v) is 6.81. The van der Waals surface area contributed by atoms with Crippen molar-refractivity contribution in [3.05, 3.63) is 72.2 Å². The van der Waals surface area contributed by atoms with Crippen molar-refractivity contribution >= 4 is 5.91 Å². The number of carbonyl (C=O) groups is 1. The highest BCUT2D eigenvalue weighted by atomic mass is 16.5. The number of rotatable bonds is 5. The Labute approximate surface area is 181 Å². The number of methoxy groups -OCH3 is 1. The van der Waals surface area contributed by atoms with E-state index >= 15 is 0 Å². The Bertz CT molecular complexity index is 1060. The Kier molecular flexibility index (Phi) is 5.06. The monoisotopic (exact) mass is 421 g/mol. The lowest BCUT2D eigenvalue weighted by Gasteiger charge is -2.41. The molecule has 31 heavy (non-hydrogen) atoms. The molecule has 2 fully saturated rings. The first-order chi connectivity index (χ1) is 15.1. The number of benzene rings is 1. The van der Waals surface area contributed by atoms with Crippen LogP contribution >= 0.6 is 0 Å². The second-order valence-corrected chi connectivity index (χ2v) is 8.63. The van der Waals surface area contributed by atoms with E-state index in [0.29, 0.717) is 37.6 Å². The van der Waals surface area contributed by atoms with Crippen LogP contribution in [-0.2, 0) is 12.1 Å². The number of likely N-dealkylation sites (tertiary alicyclic amines) is 1. The molecule has 7 heteroatoms. The molecule has 3 atom stereocenters. The summed E-state index contributed by atoms with van der Waals surface area (Å²) in [5, 5.41) is 11.7. The average Bonchev–Trinajstić information content (AvgIpc) is 3.55. The van der Waals surface area contributed by atoms with Gasteiger partial charge in [0.2, 0.25) is 0 Å². The predicted molar refractivity (Wildman–Crippen MR) is 114 cm³/mol. The van der Waals surface area contributed by atoms with Crippen LogP contribution in [0.1, 0.15) is 41.1 Å². The minimum absolute atomic E-state index is 0.00214. The van der Waals surface area contributed by atoms with Crippen LogP contribution in [0.3, 0.4) is 0 Å². The molecule has 0 bridgehead atoms. The Morgan fingerprint density at radius 3 is 3.03 bits per heavy atom. The van der Waals surface area contributed by atoms with Gasteiger partial charge in [-0.25, -0.2) is 4.98 Å². The molecule has 1 saturated carbocycles. The summed E-state index contributed by atoms with van der Waals surface area (Å²) in [7, 11) is 1.63. The smallest absolute Gasteiger partial charge is 0.289 e. The Balaban J connectivity index is 1.34. The van der Waals surface area contributed by atoms with Crippen LogP contribution < -0.4 is 4.74 Å². The fourth-order valence-corrected chi connectivity index (χ4v) is 5.23. The number of carbonyl (C=O) groups excluding carboxylic acids is 1. The van der Waals surface area contributed by atoms with E-state index in [1.807, 2.05) is 46.0 Å². The van der Waals surface area contributed by atoms with Crippen LogP contribution in [0.25, 0.3) is 0 Å². The first-order valence-electron chi connectivity index (χ1n) is 10.8. The van der Waals surface area contributed by atoms with Gasteiger partial charge in [0.15, 0.2) is 5.76 Å². The SMILES string of the molecule is COc1cccc([C@]2(O)CCC[C@H]3CN(C(=O)c4ccc(Cn5ccnc5)o4)C[C@@H]32)c1. The van der Waals surface area contributed by atoms with Crippen molar-refractivity contribution < 1.29 is 19.1 Å². The first kappa shape index (κ1) is 19.9. The Hall–Kier alpha value is -3.06. The molecular formula is C24H27N3O4. The minimum atomic E-state index is -0.956. The van der Waals surface area contributed by atoms with E-state index < -0.39 is 5.60 Å². The largest absolute Gasteiger partial charge is 0.497 e. The van der Waals surface area contributed by atoms with E-state index in [1.165, 1.54) is 0 Å². The molecule has 0 spiro atoms. The van der Waals surface area contributed by atoms with Gasteiger partial charge in [-0.1, -0.05) is 12.1 Å². The standard InChI is InChI=1S/C24H27N3O4/c1-30-19-6-2-5-18(12-19)24(29)9-3-4-17-13-27(15-21(17)24)23(28)22-8-7-20(31-22)14-26-11-10-25-16-26/h2,5-8,10-12,16-17,21,29H,3-4,9,13-15H2,1H3/t17-,21-,24+/m0/s1. The molecule has 7 nitrogen and oxygen atoms in total. The van der Waals surface area contributed by atoms with Crippen molar-refractivity contribution in [2.24, 2.45) is 11.8 Å². The zero-order chi connectivity index (χ0) is 21.4. The molecule has 0 radical (unpaired) electrons. The van der Waals surface area contributed by atoms with Gasteiger partial charge in [0, 0.05) is 31.4 Å². The number of furan rings is 1. The third-order valence-electron chi connectivity index (χ3n) is 6.81. The number of aromatic nitrogens is 2. The fraction of sp³-hybridized carbons (Fsp3) is 0.417. The maximum Gasteiger partial charge on any atom is 0.289 e. The molecule has 3 aromatic rings. The summed E-state index contributed by atoms with van der Waals surface area (Å²) >= 11 is 0. The highest BCUT2D eigenvalue weighted by molar-refractivity contribution is 5.91. The molecule has 162 valence electrons. The summed E-state index contributed by atoms with van der Waals surface area (Å²) in [5.41, 5.74) is -0.0844. The number of ether oxygens (including phenoxy) is 1. The molecule has 1 aliphatic heterocycles. The van der Waals surface area contributed by atoms with Gasteiger partial charge in [0.1, 0.15) is 11.5 Å². The zero-order valence-corrected chi connectivity index (χ0v) is 17.6. The summed E-state index contributed by atoms with van der Waals surface area (Å²) in [6.07, 6.45) is 7.93. The average molecular weight is 421 g/mol. The van der Waals surface area contributed by atoms with E-state index in [2.05, 4.69) is 4.98 Å². The Morgan fingerprint density at radius 2 is 2.23 bits per heavy atom. The number of hydrogen-bond acceptors (Lipinski definition) is 5. The molecule has 1 aromatic carbocycles. The molecular weight excluding hydrogens is 394 g/mol. The molecule has 1 N–H and O–H groups in total. The third kappa shape index (κ3) is 3.63. The molecule has 5 rings (SSSR count). The van der Waals surface area contributed by atoms with E-state index in [4.69, 9.17) is 9.15 Å². The molecule has 1 saturated heterocycles. The molecule has 2 aromatic heterocycles. The molecule has 2 aliphatic rings. The number of amides is 1. The van der Waals surface area contributed by atoms with Crippen molar-refractivity contribution in [1.29, 1.82) is 0 Å². The molecule has 1 amide bonds. The van der Waals surface area contributed by atoms with Crippen molar-refractivity contribution in [1.82, 2.24) is 14.5 Å². The number of aliphatic hydroxyl groups is 1. The van der Waals surface area contributed by atoms with Crippen LogP contribution in [0.5, 0.6) is 5.75 Å². The van der Waals surface area contributed by atoms with Crippen LogP contribution in [0.2, 0.25) is 0 Å². The number of hydrogen-bond donors (Lipinski definition) is 1. The molecule has 1 aliphatic carbocycles. The summed E-state index contributed by atoms with van der Waals surface area (Å²) in [5.74, 6) is 1.95. The van der Waals surface area contributed by atoms with E-state index in [0.717, 1.165) is 24.2 Å². The highest BCUT2D eigenvalue weighted by Gasteiger charge is 2.51. The lowest BCUT2D eigenvalue weighted by atomic mass is 9.67. The van der Waals surface area contributed by atoms with Crippen LogP contribution in [0.4, 0.5) is 0 Å². The lowest BCUT2D eigenvalue weighted by molar-refractivity contribution is -0.0645. The predicted octanol–water partition coefficient (Wildman–Crippen LogP) is 3.29. The maximum absolute atomic E-state index is 13.2. The first-order valence-corrected chi connectivity index (χ1v) is 10.8. The van der Waals surface area contributed by atoms with Crippen molar-refractivity contribution in [3.63, 3.8) is 0 Å². The van der Waals surface area contributed by atoms with Gasteiger partial charge in [-0.05, 0) is 55.0 Å². The summed E-state index contributed by atoms with van der Waals surface area (Å²) in [6.45, 7) is 1.70. The van der Waals surface area contributed by atoms with E-state index in [1.54, 1.807) is 25.7 Å². The summed E-state index contributed by atoms with van der Waals surface area (Å²) in [4.78, 5) is 19.0.